The molecule has 1 atom stereocenters. The largest absolute Gasteiger partial charge is 0.396 e. The van der Waals surface area contributed by atoms with Crippen LogP contribution in [0.15, 0.2) is 18.2 Å². The Labute approximate surface area is 139 Å². The van der Waals surface area contributed by atoms with Gasteiger partial charge in [0.1, 0.15) is 0 Å². The Hall–Kier alpha value is -1.39. The molecule has 2 N–H and O–H groups in total. The van der Waals surface area contributed by atoms with Crippen LogP contribution in [0.1, 0.15) is 44.2 Å². The van der Waals surface area contributed by atoms with Crippen molar-refractivity contribution in [3.8, 4) is 0 Å². The van der Waals surface area contributed by atoms with Crippen molar-refractivity contribution in [2.24, 2.45) is 5.41 Å². The van der Waals surface area contributed by atoms with E-state index in [2.05, 4.69) is 23.2 Å². The Morgan fingerprint density at radius 2 is 2.00 bits per heavy atom. The predicted octanol–water partition coefficient (Wildman–Crippen LogP) is 3.11. The van der Waals surface area contributed by atoms with Gasteiger partial charge >= 0.3 is 0 Å². The molecule has 1 amide bonds. The summed E-state index contributed by atoms with van der Waals surface area (Å²) in [6.45, 7) is 10.1. The average Bonchev–Trinajstić information content (AvgIpc) is 2.57. The molecular weight excluding hydrogens is 288 g/mol. The van der Waals surface area contributed by atoms with Gasteiger partial charge in [-0.1, -0.05) is 19.1 Å². The SMILES string of the molecule is CCC1(CO)CCN(C(C)C(=O)Nc2cc(C)ccc2C)CC1. The summed E-state index contributed by atoms with van der Waals surface area (Å²) in [5.41, 5.74) is 3.18. The van der Waals surface area contributed by atoms with Gasteiger partial charge in [0.25, 0.3) is 0 Å². The third-order valence-electron chi connectivity index (χ3n) is 5.52. The number of amides is 1. The number of anilines is 1. The van der Waals surface area contributed by atoms with Crippen molar-refractivity contribution in [3.63, 3.8) is 0 Å². The molecule has 1 aromatic carbocycles. The third kappa shape index (κ3) is 4.12. The van der Waals surface area contributed by atoms with Gasteiger partial charge in [-0.2, -0.15) is 0 Å². The third-order valence-corrected chi connectivity index (χ3v) is 5.52. The van der Waals surface area contributed by atoms with E-state index >= 15 is 0 Å². The molecule has 0 spiro atoms. The van der Waals surface area contributed by atoms with E-state index in [0.29, 0.717) is 0 Å². The fraction of sp³-hybridized carbons (Fsp3) is 0.632. The Balaban J connectivity index is 1.97. The molecule has 4 heteroatoms. The maximum atomic E-state index is 12.6. The molecule has 1 fully saturated rings. The maximum Gasteiger partial charge on any atom is 0.241 e. The minimum absolute atomic E-state index is 0.0479. The zero-order chi connectivity index (χ0) is 17.0. The number of benzene rings is 1. The highest BCUT2D eigenvalue weighted by molar-refractivity contribution is 5.95. The Morgan fingerprint density at radius 3 is 2.57 bits per heavy atom. The first-order valence-corrected chi connectivity index (χ1v) is 8.64. The number of hydrogen-bond donors (Lipinski definition) is 2. The molecule has 1 aromatic rings. The minimum Gasteiger partial charge on any atom is -0.396 e. The van der Waals surface area contributed by atoms with Crippen LogP contribution < -0.4 is 5.32 Å². The van der Waals surface area contributed by atoms with Crippen LogP contribution in [0.25, 0.3) is 0 Å². The Kier molecular flexibility index (Phi) is 5.82. The molecule has 1 unspecified atom stereocenters. The van der Waals surface area contributed by atoms with Gasteiger partial charge in [-0.15, -0.1) is 0 Å². The number of aliphatic hydroxyl groups is 1. The monoisotopic (exact) mass is 318 g/mol. The standard InChI is InChI=1S/C19H30N2O2/c1-5-19(13-22)8-10-21(11-9-19)16(4)18(23)20-17-12-14(2)6-7-15(17)3/h6-7,12,16,22H,5,8-11,13H2,1-4H3,(H,20,23). The Bertz CT molecular complexity index is 542. The highest BCUT2D eigenvalue weighted by atomic mass is 16.3. The van der Waals surface area contributed by atoms with E-state index in [1.165, 1.54) is 0 Å². The van der Waals surface area contributed by atoms with Crippen LogP contribution in [0.3, 0.4) is 0 Å². The molecule has 1 aliphatic heterocycles. The zero-order valence-electron chi connectivity index (χ0n) is 14.9. The molecule has 128 valence electrons. The second-order valence-electron chi connectivity index (χ2n) is 7.03. The normalized spacial score (nSPS) is 19.3. The number of carbonyl (C=O) groups is 1. The molecule has 0 saturated carbocycles. The van der Waals surface area contributed by atoms with Gasteiger partial charge < -0.3 is 10.4 Å². The topological polar surface area (TPSA) is 52.6 Å². The lowest BCUT2D eigenvalue weighted by atomic mass is 9.76. The molecule has 4 nitrogen and oxygen atoms in total. The zero-order valence-corrected chi connectivity index (χ0v) is 14.9. The van der Waals surface area contributed by atoms with Gasteiger partial charge in [0.2, 0.25) is 5.91 Å². The highest BCUT2D eigenvalue weighted by Crippen LogP contribution is 2.34. The molecule has 1 saturated heterocycles. The molecule has 1 heterocycles. The summed E-state index contributed by atoms with van der Waals surface area (Å²) in [6, 6.07) is 5.96. The number of piperidine rings is 1. The summed E-state index contributed by atoms with van der Waals surface area (Å²) >= 11 is 0. The van der Waals surface area contributed by atoms with Crippen molar-refractivity contribution >= 4 is 11.6 Å². The smallest absolute Gasteiger partial charge is 0.241 e. The summed E-state index contributed by atoms with van der Waals surface area (Å²) in [5.74, 6) is 0.0479. The van der Waals surface area contributed by atoms with Gasteiger partial charge in [0, 0.05) is 12.3 Å². The summed E-state index contributed by atoms with van der Waals surface area (Å²) in [7, 11) is 0. The summed E-state index contributed by atoms with van der Waals surface area (Å²) in [5, 5.41) is 12.7. The first-order valence-electron chi connectivity index (χ1n) is 8.64. The van der Waals surface area contributed by atoms with Crippen LogP contribution in [0.4, 0.5) is 5.69 Å². The van der Waals surface area contributed by atoms with E-state index in [9.17, 15) is 9.90 Å². The molecule has 0 radical (unpaired) electrons. The number of likely N-dealkylation sites (tertiary alicyclic amines) is 1. The van der Waals surface area contributed by atoms with Crippen molar-refractivity contribution in [3.05, 3.63) is 29.3 Å². The van der Waals surface area contributed by atoms with Crippen LogP contribution >= 0.6 is 0 Å². The molecule has 0 aromatic heterocycles. The quantitative estimate of drug-likeness (QED) is 0.877. The number of aliphatic hydroxyl groups excluding tert-OH is 1. The molecule has 2 rings (SSSR count). The molecule has 1 aliphatic rings. The van der Waals surface area contributed by atoms with E-state index in [0.717, 1.165) is 49.2 Å². The van der Waals surface area contributed by atoms with Crippen LogP contribution in [-0.2, 0) is 4.79 Å². The molecule has 23 heavy (non-hydrogen) atoms. The number of hydrogen-bond acceptors (Lipinski definition) is 3. The van der Waals surface area contributed by atoms with Crippen molar-refractivity contribution in [2.75, 3.05) is 25.0 Å². The van der Waals surface area contributed by atoms with E-state index in [4.69, 9.17) is 0 Å². The minimum atomic E-state index is -0.150. The number of carbonyl (C=O) groups excluding carboxylic acids is 1. The van der Waals surface area contributed by atoms with Gasteiger partial charge in [-0.3, -0.25) is 9.69 Å². The average molecular weight is 318 g/mol. The van der Waals surface area contributed by atoms with Crippen LogP contribution in [0, 0.1) is 19.3 Å². The van der Waals surface area contributed by atoms with Crippen LogP contribution in [-0.4, -0.2) is 41.7 Å². The van der Waals surface area contributed by atoms with Crippen molar-refractivity contribution in [2.45, 2.75) is 53.0 Å². The second-order valence-corrected chi connectivity index (χ2v) is 7.03. The van der Waals surface area contributed by atoms with E-state index < -0.39 is 0 Å². The van der Waals surface area contributed by atoms with E-state index in [1.54, 1.807) is 0 Å². The highest BCUT2D eigenvalue weighted by Gasteiger charge is 2.35. The molecular formula is C19H30N2O2. The van der Waals surface area contributed by atoms with Gasteiger partial charge in [0.05, 0.1) is 6.04 Å². The van der Waals surface area contributed by atoms with Gasteiger partial charge in [0.15, 0.2) is 0 Å². The number of aryl methyl sites for hydroxylation is 2. The lowest BCUT2D eigenvalue weighted by Gasteiger charge is -2.42. The summed E-state index contributed by atoms with van der Waals surface area (Å²) in [6.07, 6.45) is 2.92. The number of nitrogens with one attached hydrogen (secondary N) is 1. The predicted molar refractivity (Wildman–Crippen MR) is 94.6 cm³/mol. The summed E-state index contributed by atoms with van der Waals surface area (Å²) < 4.78 is 0. The summed E-state index contributed by atoms with van der Waals surface area (Å²) in [4.78, 5) is 14.8. The number of rotatable bonds is 5. The van der Waals surface area contributed by atoms with Crippen LogP contribution in [0.5, 0.6) is 0 Å². The van der Waals surface area contributed by atoms with Gasteiger partial charge in [-0.05, 0) is 75.7 Å². The van der Waals surface area contributed by atoms with Crippen molar-refractivity contribution in [1.82, 2.24) is 4.90 Å². The first kappa shape index (κ1) is 18.0. The van der Waals surface area contributed by atoms with Crippen molar-refractivity contribution in [1.29, 1.82) is 0 Å². The second kappa shape index (κ2) is 7.45. The molecule has 0 bridgehead atoms. The van der Waals surface area contributed by atoms with E-state index in [-0.39, 0.29) is 24.0 Å². The number of nitrogens with zero attached hydrogens (tertiary/aromatic N) is 1. The maximum absolute atomic E-state index is 12.6. The molecule has 0 aliphatic carbocycles. The lowest BCUT2D eigenvalue weighted by molar-refractivity contribution is -0.121. The van der Waals surface area contributed by atoms with Crippen LogP contribution in [0.2, 0.25) is 0 Å². The van der Waals surface area contributed by atoms with Gasteiger partial charge in [-0.25, -0.2) is 0 Å². The fourth-order valence-corrected chi connectivity index (χ4v) is 3.28. The van der Waals surface area contributed by atoms with Crippen molar-refractivity contribution < 1.29 is 9.90 Å². The van der Waals surface area contributed by atoms with E-state index in [1.807, 2.05) is 32.9 Å². The fourth-order valence-electron chi connectivity index (χ4n) is 3.28. The first-order chi connectivity index (χ1) is 10.9. The lowest BCUT2D eigenvalue weighted by Crippen LogP contribution is -2.49. The Morgan fingerprint density at radius 1 is 1.35 bits per heavy atom.